The molecule has 0 radical (unpaired) electrons. The van der Waals surface area contributed by atoms with E-state index in [1.165, 1.54) is 25.7 Å². The van der Waals surface area contributed by atoms with E-state index in [0.717, 1.165) is 0 Å². The molecule has 1 aliphatic carbocycles. The molecular weight excluding hydrogens is 188 g/mol. The van der Waals surface area contributed by atoms with Crippen molar-refractivity contribution in [2.75, 3.05) is 18.8 Å². The normalized spacial score (nSPS) is 19.6. The lowest BCUT2D eigenvalue weighted by Gasteiger charge is -2.35. The molecule has 0 heterocycles. The standard InChI is InChI=1S/C13H24S/c1-6-11-9-8-10-12(7-2)13(11)14(3,4)5/h9H,6-8,10H2,1-5H3. The van der Waals surface area contributed by atoms with Crippen molar-refractivity contribution in [2.24, 2.45) is 0 Å². The second kappa shape index (κ2) is 4.57. The number of allylic oxidation sites excluding steroid dienone is 3. The van der Waals surface area contributed by atoms with E-state index in [0.29, 0.717) is 0 Å². The summed E-state index contributed by atoms with van der Waals surface area (Å²) < 4.78 is 0. The van der Waals surface area contributed by atoms with E-state index in [2.05, 4.69) is 38.7 Å². The third-order valence-electron chi connectivity index (χ3n) is 2.87. The molecule has 0 bridgehead atoms. The molecule has 0 aromatic heterocycles. The average Bonchev–Trinajstić information content (AvgIpc) is 2.15. The summed E-state index contributed by atoms with van der Waals surface area (Å²) in [5.74, 6) is 0. The third kappa shape index (κ3) is 2.44. The van der Waals surface area contributed by atoms with Crippen LogP contribution in [0.2, 0.25) is 0 Å². The molecule has 1 rings (SSSR count). The van der Waals surface area contributed by atoms with E-state index >= 15 is 0 Å². The van der Waals surface area contributed by atoms with Gasteiger partial charge in [-0.2, -0.15) is 0 Å². The van der Waals surface area contributed by atoms with E-state index in [1.807, 2.05) is 0 Å². The summed E-state index contributed by atoms with van der Waals surface area (Å²) in [6.45, 7) is 4.59. The first kappa shape index (κ1) is 11.9. The van der Waals surface area contributed by atoms with Crippen LogP contribution in [0.1, 0.15) is 39.5 Å². The zero-order valence-corrected chi connectivity index (χ0v) is 11.1. The maximum Gasteiger partial charge on any atom is -0.00854 e. The first-order valence-electron chi connectivity index (χ1n) is 5.60. The fourth-order valence-electron chi connectivity index (χ4n) is 2.32. The molecule has 0 saturated heterocycles. The van der Waals surface area contributed by atoms with Crippen LogP contribution in [0.25, 0.3) is 0 Å². The van der Waals surface area contributed by atoms with Crippen molar-refractivity contribution in [3.63, 3.8) is 0 Å². The Kier molecular flexibility index (Phi) is 3.88. The Morgan fingerprint density at radius 2 is 1.79 bits per heavy atom. The van der Waals surface area contributed by atoms with Gasteiger partial charge in [-0.1, -0.05) is 25.5 Å². The molecule has 1 heteroatoms. The fraction of sp³-hybridized carbons (Fsp3) is 0.692. The highest BCUT2D eigenvalue weighted by Crippen LogP contribution is 2.53. The average molecular weight is 212 g/mol. The Morgan fingerprint density at radius 3 is 2.21 bits per heavy atom. The fourth-order valence-corrected chi connectivity index (χ4v) is 4.45. The van der Waals surface area contributed by atoms with Gasteiger partial charge >= 0.3 is 0 Å². The lowest BCUT2D eigenvalue weighted by Crippen LogP contribution is -2.07. The van der Waals surface area contributed by atoms with E-state index < -0.39 is 10.0 Å². The maximum atomic E-state index is 2.47. The Labute approximate surface area is 90.8 Å². The third-order valence-corrected chi connectivity index (χ3v) is 4.65. The highest BCUT2D eigenvalue weighted by Gasteiger charge is 2.21. The van der Waals surface area contributed by atoms with Gasteiger partial charge in [0.25, 0.3) is 0 Å². The smallest absolute Gasteiger partial charge is 0.00854 e. The van der Waals surface area contributed by atoms with Crippen LogP contribution in [0.3, 0.4) is 0 Å². The lowest BCUT2D eigenvalue weighted by atomic mass is 9.96. The molecule has 0 amide bonds. The number of hydrogen-bond acceptors (Lipinski definition) is 0. The van der Waals surface area contributed by atoms with E-state index in [9.17, 15) is 0 Å². The van der Waals surface area contributed by atoms with Crippen LogP contribution in [0, 0.1) is 0 Å². The minimum atomic E-state index is -0.537. The molecular formula is C13H24S. The van der Waals surface area contributed by atoms with Crippen molar-refractivity contribution >= 4 is 10.0 Å². The first-order valence-corrected chi connectivity index (χ1v) is 8.46. The van der Waals surface area contributed by atoms with Crippen LogP contribution in [-0.4, -0.2) is 18.8 Å². The Bertz CT molecular complexity index is 263. The molecule has 1 aliphatic rings. The van der Waals surface area contributed by atoms with Crippen molar-refractivity contribution in [3.05, 3.63) is 22.1 Å². The molecule has 0 aliphatic heterocycles. The minimum absolute atomic E-state index is 0.537. The van der Waals surface area contributed by atoms with Gasteiger partial charge in [0.05, 0.1) is 0 Å². The maximum absolute atomic E-state index is 2.47. The van der Waals surface area contributed by atoms with Gasteiger partial charge in [-0.15, -0.1) is 0 Å². The molecule has 0 spiro atoms. The van der Waals surface area contributed by atoms with E-state index in [1.54, 1.807) is 16.1 Å². The second-order valence-electron chi connectivity index (χ2n) is 4.74. The van der Waals surface area contributed by atoms with Crippen LogP contribution >= 0.6 is 10.0 Å². The molecule has 0 aromatic carbocycles. The Morgan fingerprint density at radius 1 is 1.14 bits per heavy atom. The van der Waals surface area contributed by atoms with Crippen molar-refractivity contribution in [2.45, 2.75) is 39.5 Å². The summed E-state index contributed by atoms with van der Waals surface area (Å²) >= 11 is 0. The SMILES string of the molecule is CCC1=CCCC(CC)=C1S(C)(C)C. The molecule has 0 fully saturated rings. The molecule has 14 heavy (non-hydrogen) atoms. The monoisotopic (exact) mass is 212 g/mol. The molecule has 0 atom stereocenters. The quantitative estimate of drug-likeness (QED) is 0.647. The van der Waals surface area contributed by atoms with Gasteiger partial charge in [0.2, 0.25) is 0 Å². The van der Waals surface area contributed by atoms with Crippen LogP contribution in [-0.2, 0) is 0 Å². The summed E-state index contributed by atoms with van der Waals surface area (Å²) in [6.07, 6.45) is 14.8. The van der Waals surface area contributed by atoms with Crippen LogP contribution in [0.4, 0.5) is 0 Å². The van der Waals surface area contributed by atoms with E-state index in [4.69, 9.17) is 0 Å². The molecule has 82 valence electrons. The van der Waals surface area contributed by atoms with E-state index in [-0.39, 0.29) is 0 Å². The Hall–Kier alpha value is -0.170. The summed E-state index contributed by atoms with van der Waals surface area (Å²) in [5.41, 5.74) is 3.36. The largest absolute Gasteiger partial charge is 0.223 e. The van der Waals surface area contributed by atoms with Crippen molar-refractivity contribution < 1.29 is 0 Å². The molecule has 0 saturated carbocycles. The highest BCUT2D eigenvalue weighted by molar-refractivity contribution is 8.35. The zero-order chi connectivity index (χ0) is 10.8. The predicted molar refractivity (Wildman–Crippen MR) is 70.3 cm³/mol. The number of hydrogen-bond donors (Lipinski definition) is 0. The van der Waals surface area contributed by atoms with Gasteiger partial charge in [0.15, 0.2) is 0 Å². The Balaban J connectivity index is 3.13. The second-order valence-corrected chi connectivity index (χ2v) is 8.83. The molecule has 0 unspecified atom stereocenters. The first-order chi connectivity index (χ1) is 6.50. The predicted octanol–water partition coefficient (Wildman–Crippen LogP) is 4.47. The minimum Gasteiger partial charge on any atom is -0.223 e. The summed E-state index contributed by atoms with van der Waals surface area (Å²) in [7, 11) is -0.537. The van der Waals surface area contributed by atoms with Gasteiger partial charge < -0.3 is 0 Å². The summed E-state index contributed by atoms with van der Waals surface area (Å²) in [5, 5.41) is 0. The van der Waals surface area contributed by atoms with Gasteiger partial charge in [0.1, 0.15) is 0 Å². The van der Waals surface area contributed by atoms with Gasteiger partial charge in [-0.05, 0) is 54.9 Å². The number of rotatable bonds is 3. The van der Waals surface area contributed by atoms with Crippen molar-refractivity contribution in [3.8, 4) is 0 Å². The van der Waals surface area contributed by atoms with Crippen LogP contribution in [0.15, 0.2) is 22.1 Å². The summed E-state index contributed by atoms with van der Waals surface area (Å²) in [6, 6.07) is 0. The van der Waals surface area contributed by atoms with Crippen LogP contribution in [0.5, 0.6) is 0 Å². The molecule has 0 nitrogen and oxygen atoms in total. The lowest BCUT2D eigenvalue weighted by molar-refractivity contribution is 0.864. The van der Waals surface area contributed by atoms with Crippen molar-refractivity contribution in [1.29, 1.82) is 0 Å². The molecule has 0 aromatic rings. The van der Waals surface area contributed by atoms with Gasteiger partial charge in [-0.25, -0.2) is 10.0 Å². The molecule has 0 N–H and O–H groups in total. The van der Waals surface area contributed by atoms with Gasteiger partial charge in [-0.3, -0.25) is 0 Å². The van der Waals surface area contributed by atoms with Crippen molar-refractivity contribution in [1.82, 2.24) is 0 Å². The van der Waals surface area contributed by atoms with Gasteiger partial charge in [0, 0.05) is 0 Å². The van der Waals surface area contributed by atoms with Crippen LogP contribution < -0.4 is 0 Å². The zero-order valence-electron chi connectivity index (χ0n) is 10.3. The summed E-state index contributed by atoms with van der Waals surface area (Å²) in [4.78, 5) is 1.73. The topological polar surface area (TPSA) is 0 Å². The highest BCUT2D eigenvalue weighted by atomic mass is 32.3.